The maximum atomic E-state index is 13.2. The van der Waals surface area contributed by atoms with Gasteiger partial charge in [-0.2, -0.15) is 0 Å². The number of ether oxygens (including phenoxy) is 4. The number of ketones is 1. The van der Waals surface area contributed by atoms with E-state index in [1.54, 1.807) is 12.1 Å². The summed E-state index contributed by atoms with van der Waals surface area (Å²) in [6.45, 7) is 3.89. The molecule has 1 atom stereocenters. The summed E-state index contributed by atoms with van der Waals surface area (Å²) in [6, 6.07) is 3.70. The van der Waals surface area contributed by atoms with Gasteiger partial charge in [0, 0.05) is 31.6 Å². The van der Waals surface area contributed by atoms with Crippen molar-refractivity contribution in [2.24, 2.45) is 0 Å². The Labute approximate surface area is 159 Å². The molecular formula is C21H26O6. The number of rotatable bonds is 6. The summed E-state index contributed by atoms with van der Waals surface area (Å²) in [5, 5.41) is 11.0. The average Bonchev–Trinajstić information content (AvgIpc) is 2.67. The lowest BCUT2D eigenvalue weighted by molar-refractivity contribution is -0.208. The first-order valence-electron chi connectivity index (χ1n) is 8.87. The minimum absolute atomic E-state index is 0.0552. The van der Waals surface area contributed by atoms with Crippen LogP contribution in [0.25, 0.3) is 0 Å². The van der Waals surface area contributed by atoms with Crippen LogP contribution in [0.1, 0.15) is 30.4 Å². The van der Waals surface area contributed by atoms with Crippen LogP contribution in [0.5, 0.6) is 11.5 Å². The maximum Gasteiger partial charge on any atom is 0.288 e. The van der Waals surface area contributed by atoms with Gasteiger partial charge in [0.05, 0.1) is 14.2 Å². The Morgan fingerprint density at radius 2 is 1.85 bits per heavy atom. The highest BCUT2D eigenvalue weighted by Gasteiger charge is 2.58. The van der Waals surface area contributed by atoms with E-state index < -0.39 is 11.2 Å². The molecule has 146 valence electrons. The fourth-order valence-corrected chi connectivity index (χ4v) is 4.71. The zero-order valence-electron chi connectivity index (χ0n) is 16.3. The second-order valence-corrected chi connectivity index (χ2v) is 6.86. The van der Waals surface area contributed by atoms with Crippen molar-refractivity contribution in [1.82, 2.24) is 0 Å². The van der Waals surface area contributed by atoms with Gasteiger partial charge >= 0.3 is 0 Å². The molecule has 0 bridgehead atoms. The molecule has 0 amide bonds. The average molecular weight is 374 g/mol. The SMILES string of the molecule is C=CC[C@@]12CC(=O)C(OC)(OC)C(OC)=C1CCc1ccc(OC)c(O)c12. The van der Waals surface area contributed by atoms with E-state index in [1.807, 2.05) is 6.07 Å². The van der Waals surface area contributed by atoms with Crippen molar-refractivity contribution in [3.8, 4) is 11.5 Å². The fourth-order valence-electron chi connectivity index (χ4n) is 4.71. The molecule has 1 aromatic rings. The number of aromatic hydroxyl groups is 1. The number of carbonyl (C=O) groups is 1. The van der Waals surface area contributed by atoms with E-state index in [-0.39, 0.29) is 18.0 Å². The molecule has 0 spiro atoms. The lowest BCUT2D eigenvalue weighted by Crippen LogP contribution is -2.55. The quantitative estimate of drug-likeness (QED) is 0.609. The lowest BCUT2D eigenvalue weighted by Gasteiger charge is -2.48. The van der Waals surface area contributed by atoms with E-state index in [9.17, 15) is 9.90 Å². The van der Waals surface area contributed by atoms with Crippen molar-refractivity contribution in [2.45, 2.75) is 36.9 Å². The van der Waals surface area contributed by atoms with Crippen molar-refractivity contribution in [3.05, 3.63) is 47.2 Å². The van der Waals surface area contributed by atoms with Crippen LogP contribution in [0.15, 0.2) is 36.1 Å². The number of hydrogen-bond acceptors (Lipinski definition) is 6. The van der Waals surface area contributed by atoms with Gasteiger partial charge < -0.3 is 24.1 Å². The van der Waals surface area contributed by atoms with E-state index >= 15 is 0 Å². The Kier molecular flexibility index (Phi) is 5.06. The van der Waals surface area contributed by atoms with E-state index in [2.05, 4.69) is 6.58 Å². The van der Waals surface area contributed by atoms with Gasteiger partial charge in [0.15, 0.2) is 17.3 Å². The monoisotopic (exact) mass is 374 g/mol. The fraction of sp³-hybridized carbons (Fsp3) is 0.476. The van der Waals surface area contributed by atoms with Crippen LogP contribution >= 0.6 is 0 Å². The maximum absolute atomic E-state index is 13.2. The van der Waals surface area contributed by atoms with Crippen LogP contribution in [0.3, 0.4) is 0 Å². The van der Waals surface area contributed by atoms with Crippen molar-refractivity contribution in [1.29, 1.82) is 0 Å². The van der Waals surface area contributed by atoms with Gasteiger partial charge in [-0.3, -0.25) is 4.79 Å². The molecule has 0 aromatic heterocycles. The van der Waals surface area contributed by atoms with E-state index in [1.165, 1.54) is 28.4 Å². The summed E-state index contributed by atoms with van der Waals surface area (Å²) in [6.07, 6.45) is 3.71. The summed E-state index contributed by atoms with van der Waals surface area (Å²) >= 11 is 0. The Hall–Kier alpha value is -2.31. The first-order valence-corrected chi connectivity index (χ1v) is 8.87. The highest BCUT2D eigenvalue weighted by molar-refractivity contribution is 5.93. The van der Waals surface area contributed by atoms with Crippen LogP contribution in [-0.4, -0.2) is 45.1 Å². The van der Waals surface area contributed by atoms with Crippen LogP contribution in [0.4, 0.5) is 0 Å². The molecule has 0 aliphatic heterocycles. The van der Waals surface area contributed by atoms with Crippen LogP contribution in [0.2, 0.25) is 0 Å². The molecule has 0 unspecified atom stereocenters. The van der Waals surface area contributed by atoms with E-state index in [0.29, 0.717) is 36.3 Å². The number of phenols is 1. The van der Waals surface area contributed by atoms with Gasteiger partial charge in [-0.25, -0.2) is 0 Å². The normalized spacial score (nSPS) is 23.5. The number of hydrogen-bond donors (Lipinski definition) is 1. The molecule has 1 N–H and O–H groups in total. The molecule has 1 aromatic carbocycles. The molecule has 0 heterocycles. The predicted molar refractivity (Wildman–Crippen MR) is 99.9 cm³/mol. The van der Waals surface area contributed by atoms with E-state index in [4.69, 9.17) is 18.9 Å². The van der Waals surface area contributed by atoms with Crippen LogP contribution in [-0.2, 0) is 30.8 Å². The summed E-state index contributed by atoms with van der Waals surface area (Å²) in [4.78, 5) is 13.2. The highest BCUT2D eigenvalue weighted by atomic mass is 16.7. The Morgan fingerprint density at radius 1 is 1.15 bits per heavy atom. The molecule has 2 aliphatic carbocycles. The smallest absolute Gasteiger partial charge is 0.288 e. The lowest BCUT2D eigenvalue weighted by atomic mass is 9.58. The van der Waals surface area contributed by atoms with Gasteiger partial charge in [-0.15, -0.1) is 6.58 Å². The van der Waals surface area contributed by atoms with E-state index in [0.717, 1.165) is 11.1 Å². The largest absolute Gasteiger partial charge is 0.504 e. The van der Waals surface area contributed by atoms with Gasteiger partial charge in [-0.1, -0.05) is 12.1 Å². The standard InChI is InChI=1S/C21H26O6/c1-6-11-20-12-16(22)21(26-4,27-5)19(25-3)14(20)9-7-13-8-10-15(24-2)18(23)17(13)20/h6,8,10,23H,1,7,9,11-12H2,2-5H3/t20-/m1/s1. The molecule has 27 heavy (non-hydrogen) atoms. The number of benzene rings is 1. The summed E-state index contributed by atoms with van der Waals surface area (Å²) < 4.78 is 22.0. The van der Waals surface area contributed by atoms with Crippen molar-refractivity contribution in [3.63, 3.8) is 0 Å². The number of carbonyl (C=O) groups excluding carboxylic acids is 1. The Balaban J connectivity index is 2.39. The third-order valence-electron chi connectivity index (χ3n) is 5.82. The first kappa shape index (κ1) is 19.5. The predicted octanol–water partition coefficient (Wildman–Crippen LogP) is 3.02. The third kappa shape index (κ3) is 2.51. The number of methoxy groups -OCH3 is 4. The summed E-state index contributed by atoms with van der Waals surface area (Å²) in [7, 11) is 5.87. The molecule has 2 aliphatic rings. The summed E-state index contributed by atoms with van der Waals surface area (Å²) in [5.74, 6) is -1.04. The number of phenolic OH excluding ortho intramolecular Hbond substituents is 1. The van der Waals surface area contributed by atoms with Gasteiger partial charge in [-0.05, 0) is 36.5 Å². The highest BCUT2D eigenvalue weighted by Crippen LogP contribution is 2.57. The number of aryl methyl sites for hydroxylation is 1. The molecular weight excluding hydrogens is 348 g/mol. The zero-order valence-corrected chi connectivity index (χ0v) is 16.3. The second kappa shape index (κ2) is 7.02. The molecule has 6 heteroatoms. The number of Topliss-reactive ketones (excluding diaryl/α,β-unsaturated/α-hetero) is 1. The molecule has 3 rings (SSSR count). The third-order valence-corrected chi connectivity index (χ3v) is 5.82. The van der Waals surface area contributed by atoms with Crippen molar-refractivity contribution >= 4 is 5.78 Å². The molecule has 6 nitrogen and oxygen atoms in total. The zero-order chi connectivity index (χ0) is 19.8. The number of fused-ring (bicyclic) bond motifs is 3. The first-order chi connectivity index (χ1) is 13.0. The van der Waals surface area contributed by atoms with Crippen LogP contribution < -0.4 is 4.74 Å². The van der Waals surface area contributed by atoms with Crippen LogP contribution in [0, 0.1) is 0 Å². The molecule has 0 radical (unpaired) electrons. The second-order valence-electron chi connectivity index (χ2n) is 6.86. The Morgan fingerprint density at radius 3 is 2.41 bits per heavy atom. The van der Waals surface area contributed by atoms with Crippen molar-refractivity contribution in [2.75, 3.05) is 28.4 Å². The van der Waals surface area contributed by atoms with Crippen molar-refractivity contribution < 1.29 is 28.8 Å². The molecule has 0 saturated heterocycles. The van der Waals surface area contributed by atoms with Gasteiger partial charge in [0.1, 0.15) is 0 Å². The summed E-state index contributed by atoms with van der Waals surface area (Å²) in [5.41, 5.74) is 1.82. The minimum Gasteiger partial charge on any atom is -0.504 e. The minimum atomic E-state index is -1.57. The molecule has 0 saturated carbocycles. The van der Waals surface area contributed by atoms with Gasteiger partial charge in [0.2, 0.25) is 5.78 Å². The molecule has 0 fully saturated rings. The number of allylic oxidation sites excluding steroid dienone is 2. The van der Waals surface area contributed by atoms with Gasteiger partial charge in [0.25, 0.3) is 5.79 Å². The topological polar surface area (TPSA) is 74.2 Å². The Bertz CT molecular complexity index is 805.